The molecule has 114 valence electrons. The van der Waals surface area contributed by atoms with Gasteiger partial charge in [-0.3, -0.25) is 14.4 Å². The molecular formula is C14H15N5O3. The lowest BCUT2D eigenvalue weighted by Gasteiger charge is -2.03. The molecule has 1 aliphatic rings. The maximum absolute atomic E-state index is 12.0. The number of hydrogen-bond donors (Lipinski definition) is 3. The molecule has 0 aliphatic heterocycles. The molecule has 2 aromatic rings. The number of H-pyrrole nitrogens is 2. The van der Waals surface area contributed by atoms with Crippen molar-refractivity contribution in [3.8, 4) is 0 Å². The van der Waals surface area contributed by atoms with Gasteiger partial charge in [0.05, 0.1) is 25.0 Å². The molecule has 2 aromatic heterocycles. The van der Waals surface area contributed by atoms with Crippen LogP contribution in [0.3, 0.4) is 0 Å². The van der Waals surface area contributed by atoms with Crippen molar-refractivity contribution in [2.45, 2.75) is 12.8 Å². The van der Waals surface area contributed by atoms with Crippen molar-refractivity contribution < 1.29 is 14.4 Å². The van der Waals surface area contributed by atoms with Gasteiger partial charge in [0.25, 0.3) is 0 Å². The van der Waals surface area contributed by atoms with Gasteiger partial charge in [0.1, 0.15) is 11.4 Å². The molecule has 22 heavy (non-hydrogen) atoms. The minimum Gasteiger partial charge on any atom is -0.355 e. The van der Waals surface area contributed by atoms with Crippen LogP contribution in [0.4, 0.5) is 0 Å². The van der Waals surface area contributed by atoms with Gasteiger partial charge in [-0.2, -0.15) is 0 Å². The Morgan fingerprint density at radius 2 is 1.77 bits per heavy atom. The third kappa shape index (κ3) is 2.95. The van der Waals surface area contributed by atoms with Gasteiger partial charge in [0.2, 0.25) is 5.91 Å². The van der Waals surface area contributed by atoms with Crippen molar-refractivity contribution in [1.29, 1.82) is 0 Å². The smallest absolute Gasteiger partial charge is 0.223 e. The molecular weight excluding hydrogens is 286 g/mol. The van der Waals surface area contributed by atoms with Crippen molar-refractivity contribution in [2.75, 3.05) is 6.54 Å². The van der Waals surface area contributed by atoms with E-state index in [-0.39, 0.29) is 42.3 Å². The maximum atomic E-state index is 12.0. The minimum atomic E-state index is -0.307. The molecule has 0 radical (unpaired) electrons. The first-order valence-corrected chi connectivity index (χ1v) is 6.98. The summed E-state index contributed by atoms with van der Waals surface area (Å²) in [4.78, 5) is 48.7. The fraction of sp³-hybridized carbons (Fsp3) is 0.357. The van der Waals surface area contributed by atoms with Crippen LogP contribution in [0.25, 0.3) is 0 Å². The van der Waals surface area contributed by atoms with Crippen molar-refractivity contribution in [3.63, 3.8) is 0 Å². The predicted octanol–water partition coefficient (Wildman–Crippen LogP) is 0.341. The van der Waals surface area contributed by atoms with E-state index < -0.39 is 0 Å². The van der Waals surface area contributed by atoms with Crippen LogP contribution in [-0.2, 0) is 4.79 Å². The molecule has 0 bridgehead atoms. The highest BCUT2D eigenvalue weighted by Gasteiger charge is 2.48. The summed E-state index contributed by atoms with van der Waals surface area (Å²) in [5.74, 6) is -0.984. The molecule has 3 N–H and O–H groups in total. The summed E-state index contributed by atoms with van der Waals surface area (Å²) < 4.78 is 0. The second-order valence-corrected chi connectivity index (χ2v) is 5.21. The largest absolute Gasteiger partial charge is 0.355 e. The highest BCUT2D eigenvalue weighted by atomic mass is 16.2. The number of carbonyl (C=O) groups is 3. The number of amides is 1. The molecule has 1 amide bonds. The standard InChI is InChI=1S/C14H15N5O3/c20-12(10-4-15-6-18-10)1-2-17-14(22)9-3-8(9)13(21)11-5-16-7-19-11/h4-9H,1-3H2,(H,15,18)(H,16,19)(H,17,22)/t8-,9+/m0/s1. The van der Waals surface area contributed by atoms with Crippen LogP contribution in [0.5, 0.6) is 0 Å². The van der Waals surface area contributed by atoms with Crippen molar-refractivity contribution in [1.82, 2.24) is 25.3 Å². The summed E-state index contributed by atoms with van der Waals surface area (Å²) in [7, 11) is 0. The number of nitrogens with one attached hydrogen (secondary N) is 3. The van der Waals surface area contributed by atoms with E-state index in [9.17, 15) is 14.4 Å². The van der Waals surface area contributed by atoms with Gasteiger partial charge in [0, 0.05) is 24.8 Å². The lowest BCUT2D eigenvalue weighted by Crippen LogP contribution is -2.28. The molecule has 8 nitrogen and oxygen atoms in total. The first kappa shape index (κ1) is 14.2. The SMILES string of the molecule is O=C(CCNC(=O)[C@@H]1C[C@@H]1C(=O)c1cnc[nH]1)c1cnc[nH]1. The van der Waals surface area contributed by atoms with Gasteiger partial charge in [-0.25, -0.2) is 9.97 Å². The van der Waals surface area contributed by atoms with E-state index in [1.54, 1.807) is 0 Å². The van der Waals surface area contributed by atoms with Crippen molar-refractivity contribution in [3.05, 3.63) is 36.4 Å². The Balaban J connectivity index is 1.42. The van der Waals surface area contributed by atoms with E-state index in [0.717, 1.165) is 0 Å². The third-order valence-corrected chi connectivity index (χ3v) is 3.68. The summed E-state index contributed by atoms with van der Waals surface area (Å²) in [5, 5.41) is 2.70. The van der Waals surface area contributed by atoms with Crippen molar-refractivity contribution >= 4 is 17.5 Å². The number of carbonyl (C=O) groups excluding carboxylic acids is 3. The van der Waals surface area contributed by atoms with Gasteiger partial charge in [-0.1, -0.05) is 0 Å². The zero-order valence-electron chi connectivity index (χ0n) is 11.7. The average Bonchev–Trinajstić information content (AvgIpc) is 2.96. The van der Waals surface area contributed by atoms with Crippen LogP contribution in [0.1, 0.15) is 33.8 Å². The van der Waals surface area contributed by atoms with E-state index in [2.05, 4.69) is 25.3 Å². The lowest BCUT2D eigenvalue weighted by molar-refractivity contribution is -0.122. The number of hydrogen-bond acceptors (Lipinski definition) is 5. The van der Waals surface area contributed by atoms with Gasteiger partial charge < -0.3 is 15.3 Å². The first-order chi connectivity index (χ1) is 10.7. The fourth-order valence-electron chi connectivity index (χ4n) is 2.34. The third-order valence-electron chi connectivity index (χ3n) is 3.68. The van der Waals surface area contributed by atoms with Crippen LogP contribution in [0, 0.1) is 11.8 Å². The van der Waals surface area contributed by atoms with Gasteiger partial charge in [-0.05, 0) is 6.42 Å². The van der Waals surface area contributed by atoms with E-state index in [1.807, 2.05) is 0 Å². The lowest BCUT2D eigenvalue weighted by atomic mass is 10.1. The molecule has 0 saturated heterocycles. The Labute approximate surface area is 125 Å². The zero-order chi connectivity index (χ0) is 15.5. The molecule has 1 fully saturated rings. The Hall–Kier alpha value is -2.77. The number of rotatable bonds is 7. The second kappa shape index (κ2) is 5.92. The predicted molar refractivity (Wildman–Crippen MR) is 75.1 cm³/mol. The summed E-state index contributed by atoms with van der Waals surface area (Å²) >= 11 is 0. The monoisotopic (exact) mass is 301 g/mol. The summed E-state index contributed by atoms with van der Waals surface area (Å²) in [6, 6.07) is 0. The number of ketones is 2. The van der Waals surface area contributed by atoms with E-state index in [1.165, 1.54) is 25.0 Å². The van der Waals surface area contributed by atoms with Gasteiger partial charge in [-0.15, -0.1) is 0 Å². The van der Waals surface area contributed by atoms with Gasteiger partial charge >= 0.3 is 0 Å². The molecule has 0 aromatic carbocycles. The van der Waals surface area contributed by atoms with Crippen LogP contribution >= 0.6 is 0 Å². The molecule has 8 heteroatoms. The average molecular weight is 301 g/mol. The normalized spacial score (nSPS) is 19.6. The zero-order valence-corrected chi connectivity index (χ0v) is 11.7. The molecule has 1 aliphatic carbocycles. The highest BCUT2D eigenvalue weighted by molar-refractivity contribution is 6.02. The number of nitrogens with zero attached hydrogens (tertiary/aromatic N) is 2. The second-order valence-electron chi connectivity index (χ2n) is 5.21. The van der Waals surface area contributed by atoms with E-state index in [0.29, 0.717) is 17.8 Å². The summed E-state index contributed by atoms with van der Waals surface area (Å²) in [6.07, 6.45) is 6.51. The van der Waals surface area contributed by atoms with Crippen molar-refractivity contribution in [2.24, 2.45) is 11.8 Å². The Bertz CT molecular complexity index is 677. The Morgan fingerprint density at radius 3 is 2.41 bits per heavy atom. The molecule has 2 heterocycles. The van der Waals surface area contributed by atoms with Crippen LogP contribution in [0.2, 0.25) is 0 Å². The first-order valence-electron chi connectivity index (χ1n) is 6.98. The number of aromatic nitrogens is 4. The molecule has 0 unspecified atom stereocenters. The van der Waals surface area contributed by atoms with E-state index in [4.69, 9.17) is 0 Å². The molecule has 3 rings (SSSR count). The number of Topliss-reactive ketones (excluding diaryl/α,β-unsaturated/α-hetero) is 2. The van der Waals surface area contributed by atoms with E-state index >= 15 is 0 Å². The van der Waals surface area contributed by atoms with Gasteiger partial charge in [0.15, 0.2) is 11.6 Å². The fourth-order valence-corrected chi connectivity index (χ4v) is 2.34. The number of aromatic amines is 2. The Morgan fingerprint density at radius 1 is 1.09 bits per heavy atom. The maximum Gasteiger partial charge on any atom is 0.223 e. The molecule has 0 spiro atoms. The quantitative estimate of drug-likeness (QED) is 0.637. The Kier molecular flexibility index (Phi) is 3.82. The topological polar surface area (TPSA) is 121 Å². The summed E-state index contributed by atoms with van der Waals surface area (Å²) in [5.41, 5.74) is 0.850. The van der Waals surface area contributed by atoms with Crippen LogP contribution in [0.15, 0.2) is 25.0 Å². The number of imidazole rings is 2. The van der Waals surface area contributed by atoms with Crippen LogP contribution in [-0.4, -0.2) is 44.0 Å². The van der Waals surface area contributed by atoms with Crippen LogP contribution < -0.4 is 5.32 Å². The molecule has 1 saturated carbocycles. The summed E-state index contributed by atoms with van der Waals surface area (Å²) in [6.45, 7) is 0.248. The highest BCUT2D eigenvalue weighted by Crippen LogP contribution is 2.40. The molecule has 2 atom stereocenters. The minimum absolute atomic E-state index is 0.0915.